The fraction of sp³-hybridized carbons (Fsp3) is 0.350. The highest BCUT2D eigenvalue weighted by Gasteiger charge is 2.11. The Labute approximate surface area is 145 Å². The molecule has 2 aromatic rings. The highest BCUT2D eigenvalue weighted by molar-refractivity contribution is 5.74. The Morgan fingerprint density at radius 3 is 2.04 bits per heavy atom. The molecule has 0 heterocycles. The molecule has 24 heavy (non-hydrogen) atoms. The molecule has 0 fully saturated rings. The van der Waals surface area contributed by atoms with E-state index in [1.807, 2.05) is 51.2 Å². The van der Waals surface area contributed by atoms with E-state index in [-0.39, 0.29) is 6.61 Å². The Bertz CT molecular complexity index is 524. The molecule has 1 atom stereocenters. The van der Waals surface area contributed by atoms with Crippen molar-refractivity contribution in [1.29, 1.82) is 0 Å². The summed E-state index contributed by atoms with van der Waals surface area (Å²) in [6, 6.07) is 16.3. The molecule has 132 valence electrons. The molecule has 0 saturated carbocycles. The smallest absolute Gasteiger partial charge is 0.150 e. The standard InChI is InChI=1S/C15H14O3.C3H9N.C2H6/c16-10-12-6-8-13(9-7-12)15(11-17)18-14-4-2-1-3-5-14;1-3-4-2;1-2/h1-10,15,17H,11H2;4H,3H2,1-2H3;1-2H3. The van der Waals surface area contributed by atoms with Crippen molar-refractivity contribution in [3.63, 3.8) is 0 Å². The normalized spacial score (nSPS) is 10.4. The first-order valence-electron chi connectivity index (χ1n) is 8.27. The topological polar surface area (TPSA) is 58.6 Å². The SMILES string of the molecule is CC.CCNC.O=Cc1ccc(C(CO)Oc2ccccc2)cc1. The van der Waals surface area contributed by atoms with E-state index in [4.69, 9.17) is 4.74 Å². The summed E-state index contributed by atoms with van der Waals surface area (Å²) in [5, 5.41) is 12.3. The molecule has 2 rings (SSSR count). The van der Waals surface area contributed by atoms with Crippen LogP contribution >= 0.6 is 0 Å². The van der Waals surface area contributed by atoms with E-state index in [0.717, 1.165) is 18.4 Å². The molecule has 4 nitrogen and oxygen atoms in total. The van der Waals surface area contributed by atoms with Crippen LogP contribution in [-0.4, -0.2) is 31.6 Å². The number of carbonyl (C=O) groups is 1. The van der Waals surface area contributed by atoms with Crippen molar-refractivity contribution in [3.8, 4) is 5.75 Å². The van der Waals surface area contributed by atoms with Gasteiger partial charge in [-0.1, -0.05) is 63.2 Å². The zero-order valence-corrected chi connectivity index (χ0v) is 15.0. The quantitative estimate of drug-likeness (QED) is 0.789. The van der Waals surface area contributed by atoms with Crippen molar-refractivity contribution in [2.24, 2.45) is 0 Å². The van der Waals surface area contributed by atoms with Gasteiger partial charge in [0.1, 0.15) is 18.1 Å². The minimum Gasteiger partial charge on any atom is -0.483 e. The van der Waals surface area contributed by atoms with Crippen LogP contribution < -0.4 is 10.1 Å². The number of ether oxygens (including phenoxy) is 1. The van der Waals surface area contributed by atoms with Crippen molar-refractivity contribution >= 4 is 6.29 Å². The first-order valence-corrected chi connectivity index (χ1v) is 8.27. The molecular weight excluding hydrogens is 302 g/mol. The molecule has 1 unspecified atom stereocenters. The Kier molecular flexibility index (Phi) is 13.1. The predicted octanol–water partition coefficient (Wildman–Crippen LogP) is 3.86. The van der Waals surface area contributed by atoms with E-state index < -0.39 is 6.10 Å². The zero-order chi connectivity index (χ0) is 18.2. The van der Waals surface area contributed by atoms with E-state index >= 15 is 0 Å². The van der Waals surface area contributed by atoms with Crippen LogP contribution in [0.15, 0.2) is 54.6 Å². The lowest BCUT2D eigenvalue weighted by molar-refractivity contribution is 0.112. The summed E-state index contributed by atoms with van der Waals surface area (Å²) in [7, 11) is 1.93. The van der Waals surface area contributed by atoms with Crippen LogP contribution in [0, 0.1) is 0 Å². The van der Waals surface area contributed by atoms with Gasteiger partial charge in [-0.25, -0.2) is 0 Å². The lowest BCUT2D eigenvalue weighted by Crippen LogP contribution is -2.12. The molecule has 0 saturated heterocycles. The second-order valence-electron chi connectivity index (χ2n) is 4.59. The summed E-state index contributed by atoms with van der Waals surface area (Å²) in [6.45, 7) is 7.02. The third kappa shape index (κ3) is 8.46. The number of hydrogen-bond acceptors (Lipinski definition) is 4. The molecule has 0 amide bonds. The van der Waals surface area contributed by atoms with E-state index in [1.165, 1.54) is 0 Å². The van der Waals surface area contributed by atoms with Crippen LogP contribution in [0.1, 0.15) is 42.8 Å². The van der Waals surface area contributed by atoms with Gasteiger partial charge < -0.3 is 15.2 Å². The van der Waals surface area contributed by atoms with Crippen LogP contribution in [0.4, 0.5) is 0 Å². The molecule has 0 aliphatic heterocycles. The highest BCUT2D eigenvalue weighted by Crippen LogP contribution is 2.21. The van der Waals surface area contributed by atoms with Gasteiger partial charge in [0.2, 0.25) is 0 Å². The first-order chi connectivity index (χ1) is 11.7. The fourth-order valence-electron chi connectivity index (χ4n) is 1.66. The van der Waals surface area contributed by atoms with Gasteiger partial charge >= 0.3 is 0 Å². The molecular formula is C20H29NO3. The second kappa shape index (κ2) is 14.4. The van der Waals surface area contributed by atoms with E-state index in [1.54, 1.807) is 24.3 Å². The summed E-state index contributed by atoms with van der Waals surface area (Å²) in [6.07, 6.45) is 0.364. The van der Waals surface area contributed by atoms with Gasteiger partial charge in [0.25, 0.3) is 0 Å². The summed E-state index contributed by atoms with van der Waals surface area (Å²) in [5.41, 5.74) is 1.45. The Hall–Kier alpha value is -2.17. The molecule has 2 N–H and O–H groups in total. The summed E-state index contributed by atoms with van der Waals surface area (Å²) < 4.78 is 5.68. The number of para-hydroxylation sites is 1. The zero-order valence-electron chi connectivity index (χ0n) is 15.0. The van der Waals surface area contributed by atoms with Crippen LogP contribution in [0.3, 0.4) is 0 Å². The number of nitrogens with one attached hydrogen (secondary N) is 1. The van der Waals surface area contributed by atoms with Gasteiger partial charge in [-0.15, -0.1) is 0 Å². The second-order valence-corrected chi connectivity index (χ2v) is 4.59. The maximum absolute atomic E-state index is 10.6. The lowest BCUT2D eigenvalue weighted by Gasteiger charge is -2.17. The average Bonchev–Trinajstić information content (AvgIpc) is 2.69. The van der Waals surface area contributed by atoms with Crippen LogP contribution in [0.2, 0.25) is 0 Å². The van der Waals surface area contributed by atoms with Gasteiger partial charge in [-0.2, -0.15) is 0 Å². The van der Waals surface area contributed by atoms with Crippen molar-refractivity contribution in [2.75, 3.05) is 20.2 Å². The molecule has 0 aliphatic rings. The van der Waals surface area contributed by atoms with Crippen molar-refractivity contribution in [2.45, 2.75) is 26.9 Å². The van der Waals surface area contributed by atoms with Gasteiger partial charge in [0.15, 0.2) is 0 Å². The molecule has 0 aromatic heterocycles. The van der Waals surface area contributed by atoms with Crippen molar-refractivity contribution in [1.82, 2.24) is 5.32 Å². The Morgan fingerprint density at radius 2 is 1.62 bits per heavy atom. The van der Waals surface area contributed by atoms with Crippen LogP contribution in [0.25, 0.3) is 0 Å². The Balaban J connectivity index is 0.000000773. The number of aliphatic hydroxyl groups is 1. The highest BCUT2D eigenvalue weighted by atomic mass is 16.5. The third-order valence-corrected chi connectivity index (χ3v) is 2.99. The summed E-state index contributed by atoms with van der Waals surface area (Å²) >= 11 is 0. The lowest BCUT2D eigenvalue weighted by atomic mass is 10.1. The van der Waals surface area contributed by atoms with Crippen LogP contribution in [0.5, 0.6) is 5.75 Å². The van der Waals surface area contributed by atoms with Crippen molar-refractivity contribution in [3.05, 3.63) is 65.7 Å². The van der Waals surface area contributed by atoms with Crippen LogP contribution in [-0.2, 0) is 0 Å². The van der Waals surface area contributed by atoms with E-state index in [0.29, 0.717) is 11.3 Å². The number of carbonyl (C=O) groups excluding carboxylic acids is 1. The van der Waals surface area contributed by atoms with Crippen molar-refractivity contribution < 1.29 is 14.6 Å². The number of aliphatic hydroxyl groups excluding tert-OH is 1. The Morgan fingerprint density at radius 1 is 1.08 bits per heavy atom. The minimum absolute atomic E-state index is 0.116. The monoisotopic (exact) mass is 331 g/mol. The van der Waals surface area contributed by atoms with Gasteiger partial charge in [-0.05, 0) is 31.3 Å². The fourth-order valence-corrected chi connectivity index (χ4v) is 1.66. The average molecular weight is 331 g/mol. The molecule has 0 bridgehead atoms. The van der Waals surface area contributed by atoms with E-state index in [2.05, 4.69) is 12.2 Å². The van der Waals surface area contributed by atoms with Gasteiger partial charge in [-0.3, -0.25) is 4.79 Å². The molecule has 0 aliphatic carbocycles. The summed E-state index contributed by atoms with van der Waals surface area (Å²) in [4.78, 5) is 10.6. The molecule has 0 radical (unpaired) electrons. The third-order valence-electron chi connectivity index (χ3n) is 2.99. The van der Waals surface area contributed by atoms with E-state index in [9.17, 15) is 9.90 Å². The van der Waals surface area contributed by atoms with Gasteiger partial charge in [0.05, 0.1) is 6.61 Å². The number of hydrogen-bond donors (Lipinski definition) is 2. The molecule has 2 aromatic carbocycles. The largest absolute Gasteiger partial charge is 0.483 e. The number of rotatable bonds is 6. The predicted molar refractivity (Wildman–Crippen MR) is 99.7 cm³/mol. The number of benzene rings is 2. The molecule has 4 heteroatoms. The molecule has 0 spiro atoms. The maximum atomic E-state index is 10.6. The summed E-state index contributed by atoms with van der Waals surface area (Å²) in [5.74, 6) is 0.705. The van der Waals surface area contributed by atoms with Gasteiger partial charge in [0, 0.05) is 5.56 Å². The first kappa shape index (κ1) is 21.8. The maximum Gasteiger partial charge on any atom is 0.150 e. The number of aldehydes is 1. The minimum atomic E-state index is -0.423.